The molecule has 0 saturated carbocycles. The minimum absolute atomic E-state index is 0.0510. The zero-order valence-electron chi connectivity index (χ0n) is 17.2. The van der Waals surface area contributed by atoms with E-state index in [4.69, 9.17) is 0 Å². The smallest absolute Gasteiger partial charge is 0.351 e. The van der Waals surface area contributed by atoms with Crippen LogP contribution in [0, 0.1) is 5.82 Å². The third kappa shape index (κ3) is 6.87. The summed E-state index contributed by atoms with van der Waals surface area (Å²) in [5, 5.41) is 5.19. The van der Waals surface area contributed by atoms with Gasteiger partial charge in [0.1, 0.15) is 11.7 Å². The first kappa shape index (κ1) is 24.4. The summed E-state index contributed by atoms with van der Waals surface area (Å²) in [5.41, 5.74) is 1.40. The second kappa shape index (κ2) is 10.1. The van der Waals surface area contributed by atoms with Gasteiger partial charge in [0.05, 0.1) is 17.0 Å². The summed E-state index contributed by atoms with van der Waals surface area (Å²) in [6.45, 7) is -0.0391. The van der Waals surface area contributed by atoms with Gasteiger partial charge in [-0.3, -0.25) is 10.1 Å². The molecule has 1 amide bonds. The third-order valence-electron chi connectivity index (χ3n) is 4.74. The van der Waals surface area contributed by atoms with Crippen LogP contribution in [0.5, 0.6) is 0 Å². The van der Waals surface area contributed by atoms with E-state index in [0.29, 0.717) is 5.56 Å². The molecule has 174 valence electrons. The highest BCUT2D eigenvalue weighted by molar-refractivity contribution is 7.91. The van der Waals surface area contributed by atoms with Crippen molar-refractivity contribution in [3.63, 3.8) is 0 Å². The summed E-state index contributed by atoms with van der Waals surface area (Å²) in [6, 6.07) is 16.2. The Labute approximate surface area is 188 Å². The molecule has 0 aliphatic rings. The molecule has 0 bridgehead atoms. The van der Waals surface area contributed by atoms with Crippen molar-refractivity contribution >= 4 is 15.7 Å². The van der Waals surface area contributed by atoms with Crippen molar-refractivity contribution in [1.82, 2.24) is 10.6 Å². The molecule has 3 rings (SSSR count). The first-order valence-corrected chi connectivity index (χ1v) is 11.4. The number of amides is 1. The van der Waals surface area contributed by atoms with Crippen LogP contribution in [-0.4, -0.2) is 26.7 Å². The Morgan fingerprint density at radius 3 is 1.91 bits per heavy atom. The molecule has 0 aliphatic carbocycles. The molecule has 0 aliphatic heterocycles. The molecule has 0 atom stereocenters. The standard InChI is InChI=1S/C23H20F4N2O3S/c24-20-9-11-21(12-10-20)33(31,32)15-28-14-22(30)29-13-16-1-3-17(4-2-16)18-5-7-19(8-6-18)23(25,26)27/h1-12,28H,13-15H2,(H,29,30). The van der Waals surface area contributed by atoms with Crippen molar-refractivity contribution in [3.05, 3.63) is 89.7 Å². The summed E-state index contributed by atoms with van der Waals surface area (Å²) < 4.78 is 75.2. The van der Waals surface area contributed by atoms with Gasteiger partial charge in [-0.1, -0.05) is 36.4 Å². The van der Waals surface area contributed by atoms with Gasteiger partial charge in [0, 0.05) is 6.54 Å². The van der Waals surface area contributed by atoms with Crippen molar-refractivity contribution in [3.8, 4) is 11.1 Å². The minimum atomic E-state index is -4.39. The first-order valence-electron chi connectivity index (χ1n) is 9.77. The molecule has 2 N–H and O–H groups in total. The number of hydrogen-bond donors (Lipinski definition) is 2. The van der Waals surface area contributed by atoms with Gasteiger partial charge < -0.3 is 5.32 Å². The number of hydrogen-bond acceptors (Lipinski definition) is 4. The number of carbonyl (C=O) groups excluding carboxylic acids is 1. The van der Waals surface area contributed by atoms with Crippen molar-refractivity contribution < 1.29 is 30.8 Å². The molecule has 0 heterocycles. The summed E-state index contributed by atoms with van der Waals surface area (Å²) in [6.07, 6.45) is -4.39. The maximum absolute atomic E-state index is 12.9. The number of benzene rings is 3. The van der Waals surface area contributed by atoms with E-state index in [1.54, 1.807) is 24.3 Å². The van der Waals surface area contributed by atoms with Crippen LogP contribution in [0.1, 0.15) is 11.1 Å². The highest BCUT2D eigenvalue weighted by Crippen LogP contribution is 2.31. The summed E-state index contributed by atoms with van der Waals surface area (Å²) >= 11 is 0. The normalized spacial score (nSPS) is 11.9. The molecule has 3 aromatic rings. The van der Waals surface area contributed by atoms with E-state index in [9.17, 15) is 30.8 Å². The van der Waals surface area contributed by atoms with Crippen LogP contribution in [0.2, 0.25) is 0 Å². The van der Waals surface area contributed by atoms with E-state index in [0.717, 1.165) is 47.5 Å². The van der Waals surface area contributed by atoms with E-state index in [2.05, 4.69) is 10.6 Å². The van der Waals surface area contributed by atoms with Crippen molar-refractivity contribution in [2.24, 2.45) is 0 Å². The number of sulfone groups is 1. The van der Waals surface area contributed by atoms with Gasteiger partial charge in [-0.25, -0.2) is 12.8 Å². The van der Waals surface area contributed by atoms with Crippen molar-refractivity contribution in [2.75, 3.05) is 12.4 Å². The number of halogens is 4. The molecular weight excluding hydrogens is 460 g/mol. The summed E-state index contributed by atoms with van der Waals surface area (Å²) in [5.74, 6) is -1.45. The van der Waals surface area contributed by atoms with Crippen LogP contribution < -0.4 is 10.6 Å². The highest BCUT2D eigenvalue weighted by atomic mass is 32.2. The fourth-order valence-corrected chi connectivity index (χ4v) is 4.04. The number of carbonyl (C=O) groups is 1. The fraction of sp³-hybridized carbons (Fsp3) is 0.174. The van der Waals surface area contributed by atoms with Gasteiger partial charge in [-0.15, -0.1) is 0 Å². The van der Waals surface area contributed by atoms with E-state index < -0.39 is 39.2 Å². The number of rotatable bonds is 8. The third-order valence-corrected chi connectivity index (χ3v) is 6.31. The first-order chi connectivity index (χ1) is 15.5. The number of alkyl halides is 3. The van der Waals surface area contributed by atoms with Crippen LogP contribution in [-0.2, 0) is 27.4 Å². The van der Waals surface area contributed by atoms with Gasteiger partial charge in [0.2, 0.25) is 5.91 Å². The Morgan fingerprint density at radius 2 is 1.36 bits per heavy atom. The predicted octanol–water partition coefficient (Wildman–Crippen LogP) is 4.15. The molecule has 0 aromatic heterocycles. The van der Waals surface area contributed by atoms with Crippen molar-refractivity contribution in [1.29, 1.82) is 0 Å². The molecule has 5 nitrogen and oxygen atoms in total. The lowest BCUT2D eigenvalue weighted by molar-refractivity contribution is -0.137. The molecule has 0 unspecified atom stereocenters. The monoisotopic (exact) mass is 480 g/mol. The van der Waals surface area contributed by atoms with Gasteiger partial charge in [0.15, 0.2) is 9.84 Å². The Balaban J connectivity index is 1.47. The Hall–Kier alpha value is -3.24. The SMILES string of the molecule is O=C(CNCS(=O)(=O)c1ccc(F)cc1)NCc1ccc(-c2ccc(C(F)(F)F)cc2)cc1. The molecular formula is C23H20F4N2O3S. The second-order valence-corrected chi connectivity index (χ2v) is 9.18. The maximum Gasteiger partial charge on any atom is 0.416 e. The minimum Gasteiger partial charge on any atom is -0.351 e. The molecule has 33 heavy (non-hydrogen) atoms. The average molecular weight is 480 g/mol. The molecule has 10 heteroatoms. The maximum atomic E-state index is 12.9. The predicted molar refractivity (Wildman–Crippen MR) is 115 cm³/mol. The van der Waals surface area contributed by atoms with E-state index in [-0.39, 0.29) is 18.0 Å². The topological polar surface area (TPSA) is 75.3 Å². The summed E-state index contributed by atoms with van der Waals surface area (Å²) in [7, 11) is -3.70. The van der Waals surface area contributed by atoms with Crippen molar-refractivity contribution in [2.45, 2.75) is 17.6 Å². The van der Waals surface area contributed by atoms with Gasteiger partial charge >= 0.3 is 6.18 Å². The summed E-state index contributed by atoms with van der Waals surface area (Å²) in [4.78, 5) is 11.9. The lowest BCUT2D eigenvalue weighted by atomic mass is 10.0. The van der Waals surface area contributed by atoms with Crippen LogP contribution in [0.4, 0.5) is 17.6 Å². The number of nitrogens with one attached hydrogen (secondary N) is 2. The Morgan fingerprint density at radius 1 is 0.818 bits per heavy atom. The second-order valence-electron chi connectivity index (χ2n) is 7.19. The largest absolute Gasteiger partial charge is 0.416 e. The van der Waals surface area contributed by atoms with Gasteiger partial charge in [0.25, 0.3) is 0 Å². The lowest BCUT2D eigenvalue weighted by Crippen LogP contribution is -2.35. The Bertz CT molecular complexity index is 1190. The molecule has 0 fully saturated rings. The lowest BCUT2D eigenvalue weighted by Gasteiger charge is -2.10. The van der Waals surface area contributed by atoms with Crippen LogP contribution in [0.3, 0.4) is 0 Å². The van der Waals surface area contributed by atoms with Gasteiger partial charge in [-0.05, 0) is 53.1 Å². The van der Waals surface area contributed by atoms with Crippen LogP contribution in [0.15, 0.2) is 77.7 Å². The Kier molecular flexibility index (Phi) is 7.50. The van der Waals surface area contributed by atoms with E-state index >= 15 is 0 Å². The fourth-order valence-electron chi connectivity index (χ4n) is 2.95. The van der Waals surface area contributed by atoms with Crippen LogP contribution in [0.25, 0.3) is 11.1 Å². The highest BCUT2D eigenvalue weighted by Gasteiger charge is 2.29. The quantitative estimate of drug-likeness (QED) is 0.375. The van der Waals surface area contributed by atoms with E-state index in [1.807, 2.05) is 0 Å². The van der Waals surface area contributed by atoms with Crippen LogP contribution >= 0.6 is 0 Å². The van der Waals surface area contributed by atoms with Gasteiger partial charge in [-0.2, -0.15) is 13.2 Å². The molecule has 0 radical (unpaired) electrons. The zero-order chi connectivity index (χ0) is 24.1. The zero-order valence-corrected chi connectivity index (χ0v) is 18.0. The molecule has 0 saturated heterocycles. The van der Waals surface area contributed by atoms with E-state index in [1.165, 1.54) is 12.1 Å². The molecule has 3 aromatic carbocycles. The molecule has 0 spiro atoms. The average Bonchev–Trinajstić information content (AvgIpc) is 2.78.